The average Bonchev–Trinajstić information content (AvgIpc) is 2.78. The molecule has 0 bridgehead atoms. The van der Waals surface area contributed by atoms with E-state index in [0.29, 0.717) is 5.92 Å². The summed E-state index contributed by atoms with van der Waals surface area (Å²) in [4.78, 5) is 16.0. The predicted octanol–water partition coefficient (Wildman–Crippen LogP) is 4.09. The highest BCUT2D eigenvalue weighted by Gasteiger charge is 2.13. The van der Waals surface area contributed by atoms with Crippen LogP contribution < -0.4 is 5.32 Å². The molecule has 5 nitrogen and oxygen atoms in total. The zero-order chi connectivity index (χ0) is 14.7. The third-order valence-electron chi connectivity index (χ3n) is 2.79. The fourth-order valence-corrected chi connectivity index (χ4v) is 2.64. The molecule has 0 fully saturated rings. The van der Waals surface area contributed by atoms with Crippen molar-refractivity contribution in [3.63, 3.8) is 0 Å². The Morgan fingerprint density at radius 3 is 2.85 bits per heavy atom. The molecule has 106 valence electrons. The van der Waals surface area contributed by atoms with E-state index in [1.807, 2.05) is 13.0 Å². The Balaban J connectivity index is 2.28. The van der Waals surface area contributed by atoms with Crippen LogP contribution in [0.3, 0.4) is 0 Å². The molecule has 0 radical (unpaired) electrons. The van der Waals surface area contributed by atoms with Crippen LogP contribution in [0.1, 0.15) is 18.7 Å². The van der Waals surface area contributed by atoms with Crippen molar-refractivity contribution in [2.24, 2.45) is 5.92 Å². The lowest BCUT2D eigenvalue weighted by molar-refractivity contribution is -0.384. The first kappa shape index (κ1) is 14.5. The second kappa shape index (κ2) is 6.00. The first-order valence-corrected chi connectivity index (χ1v) is 7.25. The van der Waals surface area contributed by atoms with Gasteiger partial charge < -0.3 is 5.32 Å². The second-order valence-corrected chi connectivity index (χ2v) is 6.21. The molecule has 2 rings (SSSR count). The maximum Gasteiger partial charge on any atom is 0.270 e. The van der Waals surface area contributed by atoms with E-state index in [9.17, 15) is 10.1 Å². The lowest BCUT2D eigenvalue weighted by Gasteiger charge is -2.04. The molecule has 2 aromatic rings. The van der Waals surface area contributed by atoms with Crippen LogP contribution in [0.25, 0.3) is 11.3 Å². The van der Waals surface area contributed by atoms with E-state index >= 15 is 0 Å². The topological polar surface area (TPSA) is 68.1 Å². The highest BCUT2D eigenvalue weighted by atomic mass is 32.1. The second-order valence-electron chi connectivity index (χ2n) is 5.01. The van der Waals surface area contributed by atoms with Gasteiger partial charge in [0.05, 0.1) is 10.6 Å². The number of hydrogen-bond donors (Lipinski definition) is 1. The normalized spacial score (nSPS) is 10.8. The van der Waals surface area contributed by atoms with Gasteiger partial charge in [0, 0.05) is 29.1 Å². The van der Waals surface area contributed by atoms with E-state index in [1.54, 1.807) is 23.5 Å². The van der Waals surface area contributed by atoms with Gasteiger partial charge in [0.1, 0.15) is 0 Å². The number of rotatable bonds is 5. The molecule has 0 unspecified atom stereocenters. The number of anilines is 1. The lowest BCUT2D eigenvalue weighted by Crippen LogP contribution is -2.07. The van der Waals surface area contributed by atoms with Crippen LogP contribution >= 0.6 is 11.3 Å². The molecular formula is C14H17N3O2S. The smallest absolute Gasteiger partial charge is 0.270 e. The number of thiazole rings is 1. The van der Waals surface area contributed by atoms with Gasteiger partial charge in [-0.25, -0.2) is 4.98 Å². The summed E-state index contributed by atoms with van der Waals surface area (Å²) in [7, 11) is 0. The Morgan fingerprint density at radius 1 is 1.45 bits per heavy atom. The van der Waals surface area contributed by atoms with E-state index in [1.165, 1.54) is 6.07 Å². The van der Waals surface area contributed by atoms with Gasteiger partial charge in [0.15, 0.2) is 5.13 Å². The molecule has 6 heteroatoms. The van der Waals surface area contributed by atoms with Gasteiger partial charge in [0.2, 0.25) is 0 Å². The van der Waals surface area contributed by atoms with Crippen molar-refractivity contribution in [2.45, 2.75) is 20.8 Å². The third kappa shape index (κ3) is 3.33. The van der Waals surface area contributed by atoms with Gasteiger partial charge in [0.25, 0.3) is 5.69 Å². The standard InChI is InChI=1S/C14H17N3O2S/c1-9(2)8-15-14-16-13(10(3)20-14)11-5-4-6-12(7-11)17(18)19/h4-7,9H,8H2,1-3H3,(H,15,16). The average molecular weight is 291 g/mol. The Bertz CT molecular complexity index is 623. The zero-order valence-corrected chi connectivity index (χ0v) is 12.5. The van der Waals surface area contributed by atoms with Gasteiger partial charge in [-0.3, -0.25) is 10.1 Å². The molecule has 0 aliphatic carbocycles. The molecule has 1 aromatic heterocycles. The minimum absolute atomic E-state index is 0.0894. The fraction of sp³-hybridized carbons (Fsp3) is 0.357. The molecule has 0 saturated heterocycles. The third-order valence-corrected chi connectivity index (χ3v) is 3.72. The van der Waals surface area contributed by atoms with Crippen molar-refractivity contribution in [3.8, 4) is 11.3 Å². The van der Waals surface area contributed by atoms with Crippen molar-refractivity contribution < 1.29 is 4.92 Å². The monoisotopic (exact) mass is 291 g/mol. The Labute approximate surface area is 121 Å². The predicted molar refractivity (Wildman–Crippen MR) is 82.3 cm³/mol. The number of nitro groups is 1. The largest absolute Gasteiger partial charge is 0.361 e. The Hall–Kier alpha value is -1.95. The number of benzene rings is 1. The van der Waals surface area contributed by atoms with Crippen LogP contribution in [-0.2, 0) is 0 Å². The minimum atomic E-state index is -0.386. The number of non-ortho nitro benzene ring substituents is 1. The minimum Gasteiger partial charge on any atom is -0.361 e. The van der Waals surface area contributed by atoms with Crippen molar-refractivity contribution in [3.05, 3.63) is 39.3 Å². The Kier molecular flexibility index (Phi) is 4.34. The lowest BCUT2D eigenvalue weighted by atomic mass is 10.1. The summed E-state index contributed by atoms with van der Waals surface area (Å²) in [6, 6.07) is 6.59. The molecule has 0 aliphatic heterocycles. The molecule has 1 heterocycles. The van der Waals surface area contributed by atoms with Gasteiger partial charge in [-0.2, -0.15) is 0 Å². The van der Waals surface area contributed by atoms with Crippen LogP contribution in [0, 0.1) is 23.0 Å². The number of aryl methyl sites for hydroxylation is 1. The summed E-state index contributed by atoms with van der Waals surface area (Å²) in [5, 5.41) is 15.0. The van der Waals surface area contributed by atoms with Gasteiger partial charge in [-0.15, -0.1) is 11.3 Å². The SMILES string of the molecule is Cc1sc(NCC(C)C)nc1-c1cccc([N+](=O)[O-])c1. The van der Waals surface area contributed by atoms with Crippen LogP contribution in [0.2, 0.25) is 0 Å². The van der Waals surface area contributed by atoms with Crippen LogP contribution in [0.4, 0.5) is 10.8 Å². The van der Waals surface area contributed by atoms with Crippen LogP contribution in [-0.4, -0.2) is 16.5 Å². The van der Waals surface area contributed by atoms with E-state index in [-0.39, 0.29) is 10.6 Å². The summed E-state index contributed by atoms with van der Waals surface area (Å²) >= 11 is 1.57. The fourth-order valence-electron chi connectivity index (χ4n) is 1.80. The molecule has 0 atom stereocenters. The van der Waals surface area contributed by atoms with E-state index in [0.717, 1.165) is 27.8 Å². The van der Waals surface area contributed by atoms with Crippen LogP contribution in [0.15, 0.2) is 24.3 Å². The molecule has 0 saturated carbocycles. The Morgan fingerprint density at radius 2 is 2.20 bits per heavy atom. The van der Waals surface area contributed by atoms with Gasteiger partial charge in [-0.05, 0) is 12.8 Å². The number of hydrogen-bond acceptors (Lipinski definition) is 5. The maximum absolute atomic E-state index is 10.8. The molecular weight excluding hydrogens is 274 g/mol. The molecule has 1 aromatic carbocycles. The quantitative estimate of drug-likeness (QED) is 0.665. The van der Waals surface area contributed by atoms with E-state index < -0.39 is 0 Å². The number of nitrogens with one attached hydrogen (secondary N) is 1. The first-order chi connectivity index (χ1) is 9.47. The highest BCUT2D eigenvalue weighted by molar-refractivity contribution is 7.16. The van der Waals surface area contributed by atoms with Crippen molar-refractivity contribution >= 4 is 22.2 Å². The van der Waals surface area contributed by atoms with Crippen LogP contribution in [0.5, 0.6) is 0 Å². The maximum atomic E-state index is 10.8. The summed E-state index contributed by atoms with van der Waals surface area (Å²) < 4.78 is 0. The summed E-state index contributed by atoms with van der Waals surface area (Å²) in [6.07, 6.45) is 0. The van der Waals surface area contributed by atoms with Gasteiger partial charge in [-0.1, -0.05) is 26.0 Å². The van der Waals surface area contributed by atoms with E-state index in [4.69, 9.17) is 0 Å². The number of nitrogens with zero attached hydrogens (tertiary/aromatic N) is 2. The van der Waals surface area contributed by atoms with Crippen molar-refractivity contribution in [2.75, 3.05) is 11.9 Å². The van der Waals surface area contributed by atoms with Gasteiger partial charge >= 0.3 is 0 Å². The highest BCUT2D eigenvalue weighted by Crippen LogP contribution is 2.31. The zero-order valence-electron chi connectivity index (χ0n) is 11.7. The van der Waals surface area contributed by atoms with E-state index in [2.05, 4.69) is 24.1 Å². The number of nitro benzene ring substituents is 1. The molecule has 1 N–H and O–H groups in total. The first-order valence-electron chi connectivity index (χ1n) is 6.43. The molecule has 0 spiro atoms. The number of aromatic nitrogens is 1. The van der Waals surface area contributed by atoms with Crippen molar-refractivity contribution in [1.82, 2.24) is 4.98 Å². The summed E-state index contributed by atoms with van der Waals surface area (Å²) in [5.74, 6) is 0.542. The summed E-state index contributed by atoms with van der Waals surface area (Å²) in [6.45, 7) is 7.11. The summed E-state index contributed by atoms with van der Waals surface area (Å²) in [5.41, 5.74) is 1.68. The molecule has 0 aliphatic rings. The van der Waals surface area contributed by atoms with Crippen molar-refractivity contribution in [1.29, 1.82) is 0 Å². The molecule has 20 heavy (non-hydrogen) atoms. The molecule has 0 amide bonds.